The van der Waals surface area contributed by atoms with Gasteiger partial charge < -0.3 is 10.1 Å². The molecular formula is C13H16BrNO5S. The maximum atomic E-state index is 11.4. The Morgan fingerprint density at radius 1 is 1.38 bits per heavy atom. The minimum Gasteiger partial charge on any atom is -0.455 e. The van der Waals surface area contributed by atoms with E-state index in [1.807, 2.05) is 6.07 Å². The van der Waals surface area contributed by atoms with Crippen LogP contribution in [0.15, 0.2) is 22.7 Å². The van der Waals surface area contributed by atoms with Gasteiger partial charge in [0.15, 0.2) is 6.10 Å². The minimum absolute atomic E-state index is 0.342. The highest BCUT2D eigenvalue weighted by atomic mass is 79.9. The number of benzene rings is 1. The van der Waals surface area contributed by atoms with E-state index >= 15 is 0 Å². The van der Waals surface area contributed by atoms with Gasteiger partial charge in [0.1, 0.15) is 6.10 Å². The number of carbonyl (C=O) groups is 1. The number of anilines is 1. The molecule has 0 bridgehead atoms. The molecule has 0 saturated heterocycles. The number of ether oxygens (including phenoxy) is 1. The van der Waals surface area contributed by atoms with Crippen molar-refractivity contribution in [3.63, 3.8) is 0 Å². The monoisotopic (exact) mass is 377 g/mol. The van der Waals surface area contributed by atoms with Crippen LogP contribution in [0.2, 0.25) is 0 Å². The molecule has 2 rings (SSSR count). The molecule has 21 heavy (non-hydrogen) atoms. The number of halogens is 1. The van der Waals surface area contributed by atoms with Gasteiger partial charge >= 0.3 is 5.97 Å². The van der Waals surface area contributed by atoms with Gasteiger partial charge in [-0.25, -0.2) is 0 Å². The normalized spacial score (nSPS) is 24.9. The van der Waals surface area contributed by atoms with Crippen molar-refractivity contribution in [3.05, 3.63) is 28.2 Å². The Balaban J connectivity index is 2.45. The molecule has 0 radical (unpaired) electrons. The number of nitrogens with one attached hydrogen (secondary N) is 1. The van der Waals surface area contributed by atoms with E-state index in [-0.39, 0.29) is 6.04 Å². The van der Waals surface area contributed by atoms with Gasteiger partial charge in [0.25, 0.3) is 10.1 Å². The first-order valence-corrected chi connectivity index (χ1v) is 8.90. The quantitative estimate of drug-likeness (QED) is 0.642. The molecule has 3 unspecified atom stereocenters. The van der Waals surface area contributed by atoms with Crippen LogP contribution in [0.3, 0.4) is 0 Å². The second-order valence-corrected chi connectivity index (χ2v) is 7.48. The van der Waals surface area contributed by atoms with Crippen LogP contribution in [-0.2, 0) is 23.8 Å². The fraction of sp³-hybridized carbons (Fsp3) is 0.462. The van der Waals surface area contributed by atoms with Gasteiger partial charge in [0.2, 0.25) is 0 Å². The lowest BCUT2D eigenvalue weighted by atomic mass is 9.93. The third kappa shape index (κ3) is 3.96. The van der Waals surface area contributed by atoms with Crippen LogP contribution in [0, 0.1) is 0 Å². The summed E-state index contributed by atoms with van der Waals surface area (Å²) in [6, 6.07) is 5.07. The molecule has 1 aliphatic heterocycles. The van der Waals surface area contributed by atoms with Crippen LogP contribution in [0.5, 0.6) is 0 Å². The number of hydrogen-bond donors (Lipinski definition) is 1. The van der Waals surface area contributed by atoms with Crippen molar-refractivity contribution in [1.82, 2.24) is 0 Å². The van der Waals surface area contributed by atoms with E-state index in [2.05, 4.69) is 21.2 Å². The molecule has 0 fully saturated rings. The molecule has 3 atom stereocenters. The summed E-state index contributed by atoms with van der Waals surface area (Å²) >= 11 is 3.37. The highest BCUT2D eigenvalue weighted by Crippen LogP contribution is 2.38. The summed E-state index contributed by atoms with van der Waals surface area (Å²) in [6.45, 7) is 3.05. The van der Waals surface area contributed by atoms with Crippen molar-refractivity contribution < 1.29 is 22.1 Å². The van der Waals surface area contributed by atoms with Gasteiger partial charge in [0.05, 0.1) is 12.3 Å². The zero-order valence-electron chi connectivity index (χ0n) is 11.8. The summed E-state index contributed by atoms with van der Waals surface area (Å²) in [7, 11) is -3.68. The van der Waals surface area contributed by atoms with E-state index in [0.29, 0.717) is 5.56 Å². The van der Waals surface area contributed by atoms with Crippen LogP contribution in [0.1, 0.15) is 25.5 Å². The van der Waals surface area contributed by atoms with Gasteiger partial charge in [-0.15, -0.1) is 0 Å². The first kappa shape index (κ1) is 16.3. The molecule has 0 amide bonds. The largest absolute Gasteiger partial charge is 0.455 e. The fourth-order valence-corrected chi connectivity index (χ4v) is 3.35. The van der Waals surface area contributed by atoms with Gasteiger partial charge in [-0.2, -0.15) is 8.42 Å². The lowest BCUT2D eigenvalue weighted by Gasteiger charge is -2.37. The van der Waals surface area contributed by atoms with E-state index in [1.54, 1.807) is 19.1 Å². The first-order valence-electron chi connectivity index (χ1n) is 6.29. The molecule has 0 aliphatic carbocycles. The maximum absolute atomic E-state index is 11.4. The molecule has 1 aromatic rings. The number of rotatable bonds is 3. The number of hydrogen-bond acceptors (Lipinski definition) is 6. The maximum Gasteiger partial charge on any atom is 0.303 e. The highest BCUT2D eigenvalue weighted by molar-refractivity contribution is 9.10. The average molecular weight is 378 g/mol. The van der Waals surface area contributed by atoms with Crippen LogP contribution in [0.25, 0.3) is 0 Å². The van der Waals surface area contributed by atoms with Crippen molar-refractivity contribution in [2.24, 2.45) is 0 Å². The number of carbonyl (C=O) groups excluding carboxylic acids is 1. The number of fused-ring (bicyclic) bond motifs is 1. The minimum atomic E-state index is -3.68. The first-order chi connectivity index (χ1) is 9.67. The Hall–Kier alpha value is -1.12. The molecule has 1 aromatic carbocycles. The van der Waals surface area contributed by atoms with Crippen molar-refractivity contribution in [2.75, 3.05) is 11.6 Å². The van der Waals surface area contributed by atoms with E-state index in [1.165, 1.54) is 6.92 Å². The zero-order valence-corrected chi connectivity index (χ0v) is 14.2. The topological polar surface area (TPSA) is 81.7 Å². The summed E-state index contributed by atoms with van der Waals surface area (Å²) in [5.41, 5.74) is 1.46. The standard InChI is InChI=1S/C13H16BrNO5S/c1-7-12(20-21(3,17)18)13(19-8(2)16)10-5-4-9(14)6-11(10)15-7/h4-7,12-13,15H,1-3H3. The Morgan fingerprint density at radius 3 is 2.62 bits per heavy atom. The lowest BCUT2D eigenvalue weighted by Crippen LogP contribution is -2.44. The summed E-state index contributed by atoms with van der Waals surface area (Å²) in [6.07, 6.45) is -0.629. The smallest absolute Gasteiger partial charge is 0.303 e. The molecular weight excluding hydrogens is 362 g/mol. The SMILES string of the molecule is CC(=O)OC1c2ccc(Br)cc2NC(C)C1OS(C)(=O)=O. The number of esters is 1. The third-order valence-corrected chi connectivity index (χ3v) is 4.14. The van der Waals surface area contributed by atoms with Gasteiger partial charge in [-0.1, -0.05) is 22.0 Å². The molecule has 1 heterocycles. The van der Waals surface area contributed by atoms with Crippen LogP contribution in [0.4, 0.5) is 5.69 Å². The van der Waals surface area contributed by atoms with Crippen molar-refractivity contribution in [1.29, 1.82) is 0 Å². The van der Waals surface area contributed by atoms with E-state index in [0.717, 1.165) is 16.4 Å². The summed E-state index contributed by atoms with van der Waals surface area (Å²) < 4.78 is 34.2. The molecule has 1 N–H and O–H groups in total. The Bertz CT molecular complexity index is 661. The van der Waals surface area contributed by atoms with Crippen LogP contribution >= 0.6 is 15.9 Å². The average Bonchev–Trinajstić information content (AvgIpc) is 2.31. The van der Waals surface area contributed by atoms with Crippen molar-refractivity contribution >= 4 is 37.7 Å². The molecule has 6 nitrogen and oxygen atoms in total. The molecule has 0 aromatic heterocycles. The van der Waals surface area contributed by atoms with Crippen molar-refractivity contribution in [3.8, 4) is 0 Å². The van der Waals surface area contributed by atoms with Gasteiger partial charge in [-0.05, 0) is 19.1 Å². The summed E-state index contributed by atoms with van der Waals surface area (Å²) in [5.74, 6) is -0.495. The second kappa shape index (κ2) is 5.94. The molecule has 0 spiro atoms. The van der Waals surface area contributed by atoms with Crippen LogP contribution in [-0.4, -0.2) is 32.8 Å². The predicted molar refractivity (Wildman–Crippen MR) is 81.5 cm³/mol. The van der Waals surface area contributed by atoms with Crippen molar-refractivity contribution in [2.45, 2.75) is 32.1 Å². The lowest BCUT2D eigenvalue weighted by molar-refractivity contribution is -0.152. The van der Waals surface area contributed by atoms with Crippen LogP contribution < -0.4 is 5.32 Å². The van der Waals surface area contributed by atoms with Gasteiger partial charge in [0, 0.05) is 22.6 Å². The Kier molecular flexibility index (Phi) is 4.60. The fourth-order valence-electron chi connectivity index (χ4n) is 2.31. The molecule has 8 heteroatoms. The van der Waals surface area contributed by atoms with E-state index in [4.69, 9.17) is 8.92 Å². The molecule has 0 saturated carbocycles. The third-order valence-electron chi connectivity index (χ3n) is 3.08. The molecule has 116 valence electrons. The second-order valence-electron chi connectivity index (χ2n) is 4.96. The van der Waals surface area contributed by atoms with E-state index < -0.39 is 28.3 Å². The highest BCUT2D eigenvalue weighted by Gasteiger charge is 2.39. The van der Waals surface area contributed by atoms with Gasteiger partial charge in [-0.3, -0.25) is 8.98 Å². The zero-order chi connectivity index (χ0) is 15.8. The summed E-state index contributed by atoms with van der Waals surface area (Å²) in [5, 5.41) is 3.17. The van der Waals surface area contributed by atoms with E-state index in [9.17, 15) is 13.2 Å². The Morgan fingerprint density at radius 2 is 2.05 bits per heavy atom. The molecule has 1 aliphatic rings. The Labute approximate surface area is 132 Å². The summed E-state index contributed by atoms with van der Waals surface area (Å²) in [4.78, 5) is 11.3. The predicted octanol–water partition coefficient (Wildman–Crippen LogP) is 2.21.